The molecule has 1 heterocycles. The SMILES string of the molecule is CC(Cc1cccs1)NCCCC(C)(C)C. The number of hydrogen-bond acceptors (Lipinski definition) is 2. The van der Waals surface area contributed by atoms with Crippen molar-refractivity contribution in [3.05, 3.63) is 22.4 Å². The van der Waals surface area contributed by atoms with E-state index in [2.05, 4.69) is 50.5 Å². The molecule has 1 aromatic rings. The van der Waals surface area contributed by atoms with Crippen molar-refractivity contribution >= 4 is 11.3 Å². The molecule has 1 atom stereocenters. The van der Waals surface area contributed by atoms with Gasteiger partial charge in [-0.25, -0.2) is 0 Å². The molecule has 1 N–H and O–H groups in total. The van der Waals surface area contributed by atoms with E-state index in [9.17, 15) is 0 Å². The van der Waals surface area contributed by atoms with E-state index in [-0.39, 0.29) is 0 Å². The second kappa shape index (κ2) is 6.41. The van der Waals surface area contributed by atoms with Crippen LogP contribution in [0.3, 0.4) is 0 Å². The van der Waals surface area contributed by atoms with Crippen molar-refractivity contribution in [1.29, 1.82) is 0 Å². The molecule has 0 radical (unpaired) electrons. The number of rotatable bonds is 6. The smallest absolute Gasteiger partial charge is 0.00870 e. The van der Waals surface area contributed by atoms with Gasteiger partial charge in [0.2, 0.25) is 0 Å². The van der Waals surface area contributed by atoms with Crippen molar-refractivity contribution < 1.29 is 0 Å². The summed E-state index contributed by atoms with van der Waals surface area (Å²) in [4.78, 5) is 1.48. The monoisotopic (exact) mass is 239 g/mol. The Morgan fingerprint density at radius 3 is 2.69 bits per heavy atom. The van der Waals surface area contributed by atoms with Gasteiger partial charge in [-0.15, -0.1) is 11.3 Å². The topological polar surface area (TPSA) is 12.0 Å². The van der Waals surface area contributed by atoms with E-state index in [1.165, 1.54) is 17.7 Å². The van der Waals surface area contributed by atoms with Gasteiger partial charge in [-0.2, -0.15) is 0 Å². The maximum absolute atomic E-state index is 3.60. The highest BCUT2D eigenvalue weighted by atomic mass is 32.1. The third kappa shape index (κ3) is 6.29. The van der Waals surface area contributed by atoms with Crippen LogP contribution >= 0.6 is 11.3 Å². The molecule has 0 aliphatic rings. The highest BCUT2D eigenvalue weighted by molar-refractivity contribution is 7.09. The molecule has 0 aliphatic carbocycles. The van der Waals surface area contributed by atoms with Gasteiger partial charge >= 0.3 is 0 Å². The lowest BCUT2D eigenvalue weighted by Crippen LogP contribution is -2.29. The Hall–Kier alpha value is -0.340. The third-order valence-corrected chi connectivity index (χ3v) is 3.58. The zero-order chi connectivity index (χ0) is 12.0. The van der Waals surface area contributed by atoms with Gasteiger partial charge < -0.3 is 5.32 Å². The van der Waals surface area contributed by atoms with Crippen LogP contribution in [0.2, 0.25) is 0 Å². The molecule has 0 aromatic carbocycles. The Morgan fingerprint density at radius 2 is 2.12 bits per heavy atom. The van der Waals surface area contributed by atoms with Gasteiger partial charge in [0.25, 0.3) is 0 Å². The molecule has 0 amide bonds. The molecule has 92 valence electrons. The second-order valence-corrected chi connectivity index (χ2v) is 6.84. The minimum atomic E-state index is 0.471. The maximum Gasteiger partial charge on any atom is 0.00870 e. The molecule has 1 aromatic heterocycles. The van der Waals surface area contributed by atoms with Gasteiger partial charge in [0.15, 0.2) is 0 Å². The Labute approximate surface area is 104 Å². The molecule has 0 spiro atoms. The number of thiophene rings is 1. The molecule has 0 saturated carbocycles. The van der Waals surface area contributed by atoms with Gasteiger partial charge in [0.05, 0.1) is 0 Å². The van der Waals surface area contributed by atoms with E-state index >= 15 is 0 Å². The van der Waals surface area contributed by atoms with Crippen molar-refractivity contribution in [1.82, 2.24) is 5.32 Å². The van der Waals surface area contributed by atoms with Crippen molar-refractivity contribution in [3.8, 4) is 0 Å². The molecule has 1 nitrogen and oxygen atoms in total. The molecular weight excluding hydrogens is 214 g/mol. The Balaban J connectivity index is 2.09. The van der Waals surface area contributed by atoms with Crippen molar-refractivity contribution in [2.75, 3.05) is 6.54 Å². The minimum Gasteiger partial charge on any atom is -0.314 e. The summed E-state index contributed by atoms with van der Waals surface area (Å²) in [5.41, 5.74) is 0.471. The fraction of sp³-hybridized carbons (Fsp3) is 0.714. The van der Waals surface area contributed by atoms with Crippen LogP contribution < -0.4 is 5.32 Å². The zero-order valence-corrected chi connectivity index (χ0v) is 11.9. The van der Waals surface area contributed by atoms with Crippen LogP contribution in [0.5, 0.6) is 0 Å². The molecule has 1 rings (SSSR count). The summed E-state index contributed by atoms with van der Waals surface area (Å²) in [6.45, 7) is 10.3. The number of nitrogens with one attached hydrogen (secondary N) is 1. The lowest BCUT2D eigenvalue weighted by Gasteiger charge is -2.19. The zero-order valence-electron chi connectivity index (χ0n) is 11.0. The predicted octanol–water partition coefficient (Wildman–Crippen LogP) is 4.10. The Morgan fingerprint density at radius 1 is 1.38 bits per heavy atom. The maximum atomic E-state index is 3.60. The van der Waals surface area contributed by atoms with Gasteiger partial charge in [0.1, 0.15) is 0 Å². The summed E-state index contributed by atoms with van der Waals surface area (Å²) < 4.78 is 0. The third-order valence-electron chi connectivity index (χ3n) is 2.68. The number of hydrogen-bond donors (Lipinski definition) is 1. The average Bonchev–Trinajstić information content (AvgIpc) is 2.63. The van der Waals surface area contributed by atoms with E-state index in [4.69, 9.17) is 0 Å². The first-order valence-corrected chi connectivity index (χ1v) is 7.11. The van der Waals surface area contributed by atoms with Crippen LogP contribution in [0.15, 0.2) is 17.5 Å². The normalized spacial score (nSPS) is 14.0. The Bertz CT molecular complexity index is 271. The first kappa shape index (κ1) is 13.7. The van der Waals surface area contributed by atoms with Crippen LogP contribution in [-0.4, -0.2) is 12.6 Å². The molecule has 1 unspecified atom stereocenters. The van der Waals surface area contributed by atoms with E-state index in [1.54, 1.807) is 0 Å². The van der Waals surface area contributed by atoms with Gasteiger partial charge in [-0.05, 0) is 49.6 Å². The lowest BCUT2D eigenvalue weighted by molar-refractivity contribution is 0.356. The first-order chi connectivity index (χ1) is 7.47. The quantitative estimate of drug-likeness (QED) is 0.737. The largest absolute Gasteiger partial charge is 0.314 e. The summed E-state index contributed by atoms with van der Waals surface area (Å²) in [5.74, 6) is 0. The van der Waals surface area contributed by atoms with Gasteiger partial charge in [-0.3, -0.25) is 0 Å². The summed E-state index contributed by atoms with van der Waals surface area (Å²) in [5, 5.41) is 5.75. The highest BCUT2D eigenvalue weighted by Crippen LogP contribution is 2.19. The highest BCUT2D eigenvalue weighted by Gasteiger charge is 2.09. The second-order valence-electron chi connectivity index (χ2n) is 5.80. The van der Waals surface area contributed by atoms with Crippen LogP contribution in [-0.2, 0) is 6.42 Å². The molecule has 0 bridgehead atoms. The molecule has 16 heavy (non-hydrogen) atoms. The van der Waals surface area contributed by atoms with E-state index in [0.29, 0.717) is 11.5 Å². The van der Waals surface area contributed by atoms with E-state index < -0.39 is 0 Å². The standard InChI is InChI=1S/C14H25NS/c1-12(11-13-7-5-10-16-13)15-9-6-8-14(2,3)4/h5,7,10,12,15H,6,8-9,11H2,1-4H3. The molecule has 0 aliphatic heterocycles. The summed E-state index contributed by atoms with van der Waals surface area (Å²) in [7, 11) is 0. The molecule has 0 saturated heterocycles. The van der Waals surface area contributed by atoms with Crippen LogP contribution in [0.1, 0.15) is 45.4 Å². The van der Waals surface area contributed by atoms with Crippen molar-refractivity contribution in [2.45, 2.75) is 53.0 Å². The predicted molar refractivity (Wildman–Crippen MR) is 74.2 cm³/mol. The molecular formula is C14H25NS. The Kier molecular flexibility index (Phi) is 5.50. The van der Waals surface area contributed by atoms with E-state index in [0.717, 1.165) is 13.0 Å². The van der Waals surface area contributed by atoms with Crippen LogP contribution in [0.4, 0.5) is 0 Å². The summed E-state index contributed by atoms with van der Waals surface area (Å²) >= 11 is 1.85. The fourth-order valence-corrected chi connectivity index (χ4v) is 2.61. The van der Waals surface area contributed by atoms with Gasteiger partial charge in [-0.1, -0.05) is 26.8 Å². The minimum absolute atomic E-state index is 0.471. The van der Waals surface area contributed by atoms with Crippen molar-refractivity contribution in [2.24, 2.45) is 5.41 Å². The van der Waals surface area contributed by atoms with E-state index in [1.807, 2.05) is 11.3 Å². The molecule has 2 heteroatoms. The average molecular weight is 239 g/mol. The summed E-state index contributed by atoms with van der Waals surface area (Å²) in [6.07, 6.45) is 3.73. The van der Waals surface area contributed by atoms with Crippen LogP contribution in [0, 0.1) is 5.41 Å². The first-order valence-electron chi connectivity index (χ1n) is 6.23. The lowest BCUT2D eigenvalue weighted by atomic mass is 9.90. The fourth-order valence-electron chi connectivity index (χ4n) is 1.77. The molecule has 0 fully saturated rings. The van der Waals surface area contributed by atoms with Crippen LogP contribution in [0.25, 0.3) is 0 Å². The van der Waals surface area contributed by atoms with Crippen molar-refractivity contribution in [3.63, 3.8) is 0 Å². The summed E-state index contributed by atoms with van der Waals surface area (Å²) in [6, 6.07) is 4.95. The van der Waals surface area contributed by atoms with Gasteiger partial charge in [0, 0.05) is 10.9 Å².